The number of carbonyl (C=O) groups is 1. The summed E-state index contributed by atoms with van der Waals surface area (Å²) in [5, 5.41) is 2.77. The molecule has 0 radical (unpaired) electrons. The average molecular weight is 322 g/mol. The first-order chi connectivity index (χ1) is 10.5. The summed E-state index contributed by atoms with van der Waals surface area (Å²) >= 11 is 0. The van der Waals surface area contributed by atoms with Gasteiger partial charge in [-0.15, -0.1) is 6.58 Å². The van der Waals surface area contributed by atoms with E-state index in [1.807, 2.05) is 30.3 Å². The first-order valence-electron chi connectivity index (χ1n) is 7.43. The molecule has 6 heteroatoms. The van der Waals surface area contributed by atoms with Crippen LogP contribution in [-0.4, -0.2) is 38.3 Å². The summed E-state index contributed by atoms with van der Waals surface area (Å²) in [5.41, 5.74) is 0.786. The van der Waals surface area contributed by atoms with Crippen molar-refractivity contribution >= 4 is 15.9 Å². The van der Waals surface area contributed by atoms with E-state index >= 15 is 0 Å². The number of nitrogens with one attached hydrogen (secondary N) is 1. The third-order valence-corrected chi connectivity index (χ3v) is 5.68. The van der Waals surface area contributed by atoms with Gasteiger partial charge in [-0.3, -0.25) is 4.79 Å². The molecule has 0 bridgehead atoms. The van der Waals surface area contributed by atoms with E-state index in [0.717, 1.165) is 5.56 Å². The number of benzene rings is 1. The predicted octanol–water partition coefficient (Wildman–Crippen LogP) is 1.53. The molecule has 1 aromatic carbocycles. The largest absolute Gasteiger partial charge is 0.352 e. The van der Waals surface area contributed by atoms with Gasteiger partial charge in [0.1, 0.15) is 0 Å². The highest BCUT2D eigenvalue weighted by Gasteiger charge is 2.30. The molecule has 1 aliphatic heterocycles. The maximum Gasteiger partial charge on any atom is 0.223 e. The van der Waals surface area contributed by atoms with Gasteiger partial charge in [-0.05, 0) is 18.4 Å². The monoisotopic (exact) mass is 322 g/mol. The maximum absolute atomic E-state index is 12.4. The van der Waals surface area contributed by atoms with Gasteiger partial charge in [0.05, 0.1) is 5.75 Å². The summed E-state index contributed by atoms with van der Waals surface area (Å²) in [5.74, 6) is -0.107. The lowest BCUT2D eigenvalue weighted by molar-refractivity contribution is -0.125. The number of carbonyl (C=O) groups excluding carboxylic acids is 1. The average Bonchev–Trinajstić information content (AvgIpc) is 2.53. The zero-order valence-corrected chi connectivity index (χ0v) is 13.4. The van der Waals surface area contributed by atoms with Gasteiger partial charge in [-0.2, -0.15) is 0 Å². The Kier molecular flexibility index (Phi) is 5.74. The third kappa shape index (κ3) is 4.42. The Morgan fingerprint density at radius 1 is 1.27 bits per heavy atom. The maximum atomic E-state index is 12.4. The Labute approximate surface area is 132 Å². The van der Waals surface area contributed by atoms with Crippen molar-refractivity contribution in [1.29, 1.82) is 0 Å². The highest BCUT2D eigenvalue weighted by atomic mass is 32.2. The van der Waals surface area contributed by atoms with E-state index in [0.29, 0.717) is 32.5 Å². The van der Waals surface area contributed by atoms with Crippen LogP contribution in [0.4, 0.5) is 0 Å². The van der Waals surface area contributed by atoms with E-state index in [4.69, 9.17) is 0 Å². The molecule has 2 rings (SSSR count). The Balaban J connectivity index is 1.90. The molecule has 1 saturated heterocycles. The number of sulfonamides is 1. The van der Waals surface area contributed by atoms with Gasteiger partial charge in [0.25, 0.3) is 0 Å². The number of rotatable bonds is 6. The number of amides is 1. The molecule has 0 spiro atoms. The van der Waals surface area contributed by atoms with Crippen molar-refractivity contribution in [2.75, 3.05) is 19.6 Å². The van der Waals surface area contributed by atoms with E-state index in [1.54, 1.807) is 6.08 Å². The fourth-order valence-corrected chi connectivity index (χ4v) is 4.15. The lowest BCUT2D eigenvalue weighted by Gasteiger charge is -2.30. The standard InChI is InChI=1S/C16H22N2O3S/c1-2-10-17-16(19)15-8-11-18(12-9-15)22(20,21)13-14-6-4-3-5-7-14/h2-7,15H,1,8-13H2,(H,17,19). The Morgan fingerprint density at radius 2 is 1.91 bits per heavy atom. The number of hydrogen-bond donors (Lipinski definition) is 1. The summed E-state index contributed by atoms with van der Waals surface area (Å²) in [4.78, 5) is 11.9. The van der Waals surface area contributed by atoms with Gasteiger partial charge in [-0.1, -0.05) is 36.4 Å². The van der Waals surface area contributed by atoms with Crippen molar-refractivity contribution in [2.45, 2.75) is 18.6 Å². The summed E-state index contributed by atoms with van der Waals surface area (Å²) in [6.07, 6.45) is 2.77. The van der Waals surface area contributed by atoms with Crippen LogP contribution in [-0.2, 0) is 20.6 Å². The van der Waals surface area contributed by atoms with Crippen molar-refractivity contribution in [3.05, 3.63) is 48.6 Å². The van der Waals surface area contributed by atoms with Crippen LogP contribution < -0.4 is 5.32 Å². The molecule has 0 unspecified atom stereocenters. The predicted molar refractivity (Wildman–Crippen MR) is 86.6 cm³/mol. The molecule has 0 saturated carbocycles. The lowest BCUT2D eigenvalue weighted by atomic mass is 9.97. The Hall–Kier alpha value is -1.66. The quantitative estimate of drug-likeness (QED) is 0.808. The minimum atomic E-state index is -3.32. The van der Waals surface area contributed by atoms with Crippen molar-refractivity contribution in [2.24, 2.45) is 5.92 Å². The van der Waals surface area contributed by atoms with Crippen LogP contribution in [0.2, 0.25) is 0 Å². The third-order valence-electron chi connectivity index (χ3n) is 3.83. The molecule has 1 fully saturated rings. The molecule has 1 aliphatic rings. The van der Waals surface area contributed by atoms with E-state index in [9.17, 15) is 13.2 Å². The first kappa shape index (κ1) is 16.7. The van der Waals surface area contributed by atoms with E-state index in [-0.39, 0.29) is 17.6 Å². The van der Waals surface area contributed by atoms with Crippen LogP contribution in [0.1, 0.15) is 18.4 Å². The minimum Gasteiger partial charge on any atom is -0.352 e. The van der Waals surface area contributed by atoms with Crippen LogP contribution in [0.5, 0.6) is 0 Å². The van der Waals surface area contributed by atoms with Gasteiger partial charge < -0.3 is 5.32 Å². The fourth-order valence-electron chi connectivity index (χ4n) is 2.59. The summed E-state index contributed by atoms with van der Waals surface area (Å²) in [7, 11) is -3.32. The molecule has 5 nitrogen and oxygen atoms in total. The van der Waals surface area contributed by atoms with E-state index in [2.05, 4.69) is 11.9 Å². The van der Waals surface area contributed by atoms with Crippen LogP contribution >= 0.6 is 0 Å². The molecule has 0 atom stereocenters. The van der Waals surface area contributed by atoms with Crippen LogP contribution in [0.15, 0.2) is 43.0 Å². The van der Waals surface area contributed by atoms with Gasteiger partial charge in [0.2, 0.25) is 15.9 Å². The molecule has 1 amide bonds. The smallest absolute Gasteiger partial charge is 0.223 e. The van der Waals surface area contributed by atoms with Crippen molar-refractivity contribution < 1.29 is 13.2 Å². The van der Waals surface area contributed by atoms with Crippen molar-refractivity contribution in [1.82, 2.24) is 9.62 Å². The molecule has 120 valence electrons. The normalized spacial score (nSPS) is 17.1. The SMILES string of the molecule is C=CCNC(=O)C1CCN(S(=O)(=O)Cc2ccccc2)CC1. The highest BCUT2D eigenvalue weighted by molar-refractivity contribution is 7.88. The second kappa shape index (κ2) is 7.56. The van der Waals surface area contributed by atoms with Crippen molar-refractivity contribution in [3.63, 3.8) is 0 Å². The summed E-state index contributed by atoms with van der Waals surface area (Å²) in [6.45, 7) is 4.82. The van der Waals surface area contributed by atoms with Gasteiger partial charge >= 0.3 is 0 Å². The molecule has 22 heavy (non-hydrogen) atoms. The Morgan fingerprint density at radius 3 is 2.50 bits per heavy atom. The number of nitrogens with zero attached hydrogens (tertiary/aromatic N) is 1. The van der Waals surface area contributed by atoms with Crippen molar-refractivity contribution in [3.8, 4) is 0 Å². The number of hydrogen-bond acceptors (Lipinski definition) is 3. The molecule has 0 aliphatic carbocycles. The minimum absolute atomic E-state index is 0.0139. The molecule has 0 aromatic heterocycles. The summed E-state index contributed by atoms with van der Waals surface area (Å²) < 4.78 is 26.3. The fraction of sp³-hybridized carbons (Fsp3) is 0.438. The summed E-state index contributed by atoms with van der Waals surface area (Å²) in [6, 6.07) is 9.16. The molecule has 1 aromatic rings. The zero-order chi connectivity index (χ0) is 16.0. The topological polar surface area (TPSA) is 66.5 Å². The van der Waals surface area contributed by atoms with E-state index in [1.165, 1.54) is 4.31 Å². The first-order valence-corrected chi connectivity index (χ1v) is 9.04. The van der Waals surface area contributed by atoms with Crippen LogP contribution in [0.3, 0.4) is 0 Å². The van der Waals surface area contributed by atoms with Gasteiger partial charge in [0.15, 0.2) is 0 Å². The van der Waals surface area contributed by atoms with Crippen LogP contribution in [0, 0.1) is 5.92 Å². The van der Waals surface area contributed by atoms with Gasteiger partial charge in [0, 0.05) is 25.6 Å². The van der Waals surface area contributed by atoms with Crippen LogP contribution in [0.25, 0.3) is 0 Å². The second-order valence-electron chi connectivity index (χ2n) is 5.45. The molecular weight excluding hydrogens is 300 g/mol. The number of piperidine rings is 1. The molecule has 1 N–H and O–H groups in total. The highest BCUT2D eigenvalue weighted by Crippen LogP contribution is 2.21. The van der Waals surface area contributed by atoms with Gasteiger partial charge in [-0.25, -0.2) is 12.7 Å². The Bertz CT molecular complexity index is 606. The zero-order valence-electron chi connectivity index (χ0n) is 12.6. The lowest BCUT2D eigenvalue weighted by Crippen LogP contribution is -2.43. The second-order valence-corrected chi connectivity index (χ2v) is 7.42. The molecular formula is C16H22N2O3S. The molecule has 1 heterocycles. The van der Waals surface area contributed by atoms with E-state index < -0.39 is 10.0 Å².